The molecule has 1 saturated heterocycles. The number of ketones is 2. The molecule has 180 valence electrons. The molecule has 5 aliphatic rings. The third-order valence-electron chi connectivity index (χ3n) is 10.4. The number of hydrogen-bond donors (Lipinski definition) is 1. The molecule has 33 heavy (non-hydrogen) atoms. The Balaban J connectivity index is 1.53. The van der Waals surface area contributed by atoms with E-state index in [4.69, 9.17) is 9.47 Å². The van der Waals surface area contributed by atoms with E-state index in [2.05, 4.69) is 13.8 Å². The SMILES string of the molecule is COC1=CC(=O)C=C(C[C@H]2[C@]3(C)CC[C@@H]4[C@]5(CCC[C@]4(C)C(=O)OC5)[C@H]3CC[C@]2(C)O)C1=O. The summed E-state index contributed by atoms with van der Waals surface area (Å²) in [6.45, 7) is 6.73. The van der Waals surface area contributed by atoms with Crippen LogP contribution < -0.4 is 0 Å². The first kappa shape index (κ1) is 22.8. The summed E-state index contributed by atoms with van der Waals surface area (Å²) < 4.78 is 11.0. The fourth-order valence-corrected chi connectivity index (χ4v) is 8.92. The van der Waals surface area contributed by atoms with Gasteiger partial charge in [-0.2, -0.15) is 0 Å². The second-order valence-corrected chi connectivity index (χ2v) is 12.0. The molecule has 0 amide bonds. The molecule has 0 spiro atoms. The molecule has 6 heteroatoms. The number of aliphatic hydroxyl groups is 1. The van der Waals surface area contributed by atoms with Gasteiger partial charge in [-0.1, -0.05) is 13.3 Å². The summed E-state index contributed by atoms with van der Waals surface area (Å²) in [7, 11) is 1.40. The molecule has 0 radical (unpaired) electrons. The van der Waals surface area contributed by atoms with Crippen molar-refractivity contribution in [2.24, 2.45) is 34.0 Å². The highest BCUT2D eigenvalue weighted by Crippen LogP contribution is 2.71. The van der Waals surface area contributed by atoms with Gasteiger partial charge in [-0.3, -0.25) is 14.4 Å². The predicted molar refractivity (Wildman–Crippen MR) is 121 cm³/mol. The van der Waals surface area contributed by atoms with Crippen molar-refractivity contribution in [3.8, 4) is 0 Å². The Morgan fingerprint density at radius 3 is 2.48 bits per heavy atom. The molecule has 0 aromatic rings. The fraction of sp³-hybridized carbons (Fsp3) is 0.741. The van der Waals surface area contributed by atoms with Gasteiger partial charge in [0.15, 0.2) is 11.5 Å². The molecule has 3 saturated carbocycles. The average molecular weight is 457 g/mol. The molecular weight excluding hydrogens is 420 g/mol. The quantitative estimate of drug-likeness (QED) is 0.512. The molecule has 0 unspecified atom stereocenters. The van der Waals surface area contributed by atoms with Crippen LogP contribution in [0.25, 0.3) is 0 Å². The van der Waals surface area contributed by atoms with Gasteiger partial charge in [-0.25, -0.2) is 0 Å². The maximum atomic E-state index is 13.0. The molecule has 7 atom stereocenters. The van der Waals surface area contributed by atoms with Gasteiger partial charge < -0.3 is 14.6 Å². The minimum absolute atomic E-state index is 0.0406. The lowest BCUT2D eigenvalue weighted by Crippen LogP contribution is -2.68. The van der Waals surface area contributed by atoms with Crippen molar-refractivity contribution in [1.82, 2.24) is 0 Å². The Bertz CT molecular complexity index is 975. The van der Waals surface area contributed by atoms with Crippen LogP contribution in [0.15, 0.2) is 23.5 Å². The van der Waals surface area contributed by atoms with E-state index in [1.165, 1.54) is 19.3 Å². The van der Waals surface area contributed by atoms with Gasteiger partial charge in [0.2, 0.25) is 5.78 Å². The summed E-state index contributed by atoms with van der Waals surface area (Å²) in [5, 5.41) is 11.6. The van der Waals surface area contributed by atoms with Crippen LogP contribution in [0.2, 0.25) is 0 Å². The van der Waals surface area contributed by atoms with Crippen LogP contribution in [0.1, 0.15) is 72.1 Å². The Labute approximate surface area is 195 Å². The smallest absolute Gasteiger partial charge is 0.312 e. The number of esters is 1. The van der Waals surface area contributed by atoms with Gasteiger partial charge in [0.1, 0.15) is 0 Å². The molecule has 2 bridgehead atoms. The Morgan fingerprint density at radius 2 is 1.76 bits per heavy atom. The second kappa shape index (κ2) is 7.27. The van der Waals surface area contributed by atoms with Crippen molar-refractivity contribution in [3.05, 3.63) is 23.5 Å². The van der Waals surface area contributed by atoms with Crippen molar-refractivity contribution < 1.29 is 29.0 Å². The van der Waals surface area contributed by atoms with Gasteiger partial charge in [-0.15, -0.1) is 0 Å². The number of Topliss-reactive ketones (excluding diaryl/α,β-unsaturated/α-hetero) is 1. The first-order valence-corrected chi connectivity index (χ1v) is 12.4. The van der Waals surface area contributed by atoms with Gasteiger partial charge in [-0.05, 0) is 88.0 Å². The van der Waals surface area contributed by atoms with Crippen molar-refractivity contribution in [1.29, 1.82) is 0 Å². The summed E-state index contributed by atoms with van der Waals surface area (Å²) >= 11 is 0. The van der Waals surface area contributed by atoms with Crippen LogP contribution in [0.4, 0.5) is 0 Å². The summed E-state index contributed by atoms with van der Waals surface area (Å²) in [4.78, 5) is 38.0. The third-order valence-corrected chi connectivity index (χ3v) is 10.4. The van der Waals surface area contributed by atoms with Crippen LogP contribution in [-0.4, -0.2) is 42.0 Å². The highest BCUT2D eigenvalue weighted by atomic mass is 16.5. The number of rotatable bonds is 3. The van der Waals surface area contributed by atoms with E-state index < -0.39 is 11.0 Å². The number of methoxy groups -OCH3 is 1. The van der Waals surface area contributed by atoms with Crippen molar-refractivity contribution >= 4 is 17.5 Å². The number of hydrogen-bond acceptors (Lipinski definition) is 6. The van der Waals surface area contributed by atoms with E-state index in [0.29, 0.717) is 36.9 Å². The number of carbonyl (C=O) groups is 3. The monoisotopic (exact) mass is 456 g/mol. The van der Waals surface area contributed by atoms with E-state index in [1.54, 1.807) is 0 Å². The maximum absolute atomic E-state index is 13.0. The molecule has 5 rings (SSSR count). The highest BCUT2D eigenvalue weighted by molar-refractivity contribution is 6.19. The minimum Gasteiger partial charge on any atom is -0.493 e. The van der Waals surface area contributed by atoms with E-state index in [-0.39, 0.29) is 40.0 Å². The van der Waals surface area contributed by atoms with Crippen LogP contribution in [0.3, 0.4) is 0 Å². The van der Waals surface area contributed by atoms with Gasteiger partial charge in [0, 0.05) is 17.1 Å². The zero-order valence-electron chi connectivity index (χ0n) is 20.2. The number of carbonyl (C=O) groups excluding carboxylic acids is 3. The molecule has 4 fully saturated rings. The molecular formula is C27H36O6. The largest absolute Gasteiger partial charge is 0.493 e. The van der Waals surface area contributed by atoms with Crippen LogP contribution in [0, 0.1) is 34.0 Å². The Hall–Kier alpha value is -1.95. The van der Waals surface area contributed by atoms with Crippen molar-refractivity contribution in [2.75, 3.05) is 13.7 Å². The van der Waals surface area contributed by atoms with E-state index in [0.717, 1.165) is 38.5 Å². The lowest BCUT2D eigenvalue weighted by atomic mass is 9.37. The molecule has 1 N–H and O–H groups in total. The van der Waals surface area contributed by atoms with Gasteiger partial charge in [0.05, 0.1) is 24.7 Å². The lowest BCUT2D eigenvalue weighted by molar-refractivity contribution is -0.256. The fourth-order valence-electron chi connectivity index (χ4n) is 8.92. The zero-order chi connectivity index (χ0) is 23.8. The summed E-state index contributed by atoms with van der Waals surface area (Å²) in [5.41, 5.74) is -1.23. The Kier molecular flexibility index (Phi) is 5.03. The number of allylic oxidation sites excluding steroid dienone is 3. The summed E-state index contributed by atoms with van der Waals surface area (Å²) in [5.74, 6) is -0.0501. The molecule has 6 nitrogen and oxygen atoms in total. The normalized spacial score (nSPS) is 47.1. The highest BCUT2D eigenvalue weighted by Gasteiger charge is 2.69. The van der Waals surface area contributed by atoms with E-state index in [1.807, 2.05) is 6.92 Å². The standard InChI is InChI=1S/C27H36O6/c1-24-10-6-20-25(2)8-5-9-27(20,15-33-23(25)30)19(24)7-11-26(3,31)21(24)13-16-12-17(28)14-18(32-4)22(16)29/h12,14,19-21,31H,5-11,13,15H2,1-4H3/t19-,20-,21-,24+,25-,26-,27-/m0/s1. The number of cyclic esters (lactones) is 1. The molecule has 0 aromatic carbocycles. The van der Waals surface area contributed by atoms with E-state index in [9.17, 15) is 19.5 Å². The maximum Gasteiger partial charge on any atom is 0.312 e. The number of fused-ring (bicyclic) bond motifs is 1. The molecule has 1 aliphatic heterocycles. The predicted octanol–water partition coefficient (Wildman–Crippen LogP) is 3.91. The van der Waals surface area contributed by atoms with E-state index >= 15 is 0 Å². The molecule has 4 aliphatic carbocycles. The summed E-state index contributed by atoms with van der Waals surface area (Å²) in [6, 6.07) is 0. The van der Waals surface area contributed by atoms with Crippen molar-refractivity contribution in [2.45, 2.75) is 77.7 Å². The topological polar surface area (TPSA) is 89.9 Å². The summed E-state index contributed by atoms with van der Waals surface area (Å²) in [6.07, 6.45) is 9.32. The van der Waals surface area contributed by atoms with Gasteiger partial charge >= 0.3 is 5.97 Å². The lowest BCUT2D eigenvalue weighted by Gasteiger charge is -2.69. The van der Waals surface area contributed by atoms with Crippen LogP contribution in [-0.2, 0) is 23.9 Å². The number of ether oxygens (including phenoxy) is 2. The van der Waals surface area contributed by atoms with Crippen LogP contribution >= 0.6 is 0 Å². The third kappa shape index (κ3) is 3.05. The first-order chi connectivity index (χ1) is 15.5. The average Bonchev–Trinajstić information content (AvgIpc) is 2.75. The molecule has 0 aromatic heterocycles. The zero-order valence-corrected chi connectivity index (χ0v) is 20.2. The van der Waals surface area contributed by atoms with Gasteiger partial charge in [0.25, 0.3) is 0 Å². The first-order valence-electron chi connectivity index (χ1n) is 12.4. The van der Waals surface area contributed by atoms with Crippen molar-refractivity contribution in [3.63, 3.8) is 0 Å². The second-order valence-electron chi connectivity index (χ2n) is 12.0. The minimum atomic E-state index is -0.948. The Morgan fingerprint density at radius 1 is 1.03 bits per heavy atom. The van der Waals surface area contributed by atoms with Crippen LogP contribution in [0.5, 0.6) is 0 Å². The molecule has 1 heterocycles.